The van der Waals surface area contributed by atoms with E-state index in [2.05, 4.69) is 15.9 Å². The van der Waals surface area contributed by atoms with Crippen LogP contribution in [0.3, 0.4) is 0 Å². The van der Waals surface area contributed by atoms with Crippen molar-refractivity contribution >= 4 is 33.6 Å². The van der Waals surface area contributed by atoms with Crippen LogP contribution in [0.2, 0.25) is 5.02 Å². The first kappa shape index (κ1) is 10.2. The molecule has 0 spiro atoms. The maximum atomic E-state index is 10.3. The smallest absolute Gasteiger partial charge is 0.258 e. The van der Waals surface area contributed by atoms with Gasteiger partial charge in [0.1, 0.15) is 0 Å². The average molecular weight is 262 g/mol. The summed E-state index contributed by atoms with van der Waals surface area (Å²) in [6.07, 6.45) is 1.36. The number of rotatable bonds is 2. The molecule has 1 rings (SSSR count). The molecule has 0 saturated heterocycles. The Morgan fingerprint density at radius 1 is 1.54 bits per heavy atom. The molecule has 5 heteroatoms. The zero-order chi connectivity index (χ0) is 9.84. The van der Waals surface area contributed by atoms with Crippen molar-refractivity contribution in [3.05, 3.63) is 49.6 Å². The Kier molecular flexibility index (Phi) is 3.45. The van der Waals surface area contributed by atoms with Crippen LogP contribution in [0, 0.1) is 10.1 Å². The van der Waals surface area contributed by atoms with Crippen molar-refractivity contribution in [1.29, 1.82) is 0 Å². The molecule has 0 amide bonds. The van der Waals surface area contributed by atoms with Gasteiger partial charge < -0.3 is 0 Å². The van der Waals surface area contributed by atoms with Crippen LogP contribution >= 0.6 is 27.5 Å². The molecular formula is C8H5BrClNO2. The first-order chi connectivity index (χ1) is 6.11. The fourth-order valence-electron chi connectivity index (χ4n) is 0.773. The quantitative estimate of drug-likeness (QED) is 0.466. The molecule has 0 heterocycles. The Bertz CT molecular complexity index is 365. The van der Waals surface area contributed by atoms with Crippen molar-refractivity contribution in [2.45, 2.75) is 0 Å². The summed E-state index contributed by atoms with van der Waals surface area (Å²) in [6, 6.07) is 6.90. The van der Waals surface area contributed by atoms with Gasteiger partial charge in [-0.3, -0.25) is 10.1 Å². The van der Waals surface area contributed by atoms with Crippen molar-refractivity contribution in [3.8, 4) is 0 Å². The van der Waals surface area contributed by atoms with Crippen molar-refractivity contribution in [2.75, 3.05) is 0 Å². The molecule has 0 aliphatic rings. The Morgan fingerprint density at radius 2 is 2.15 bits per heavy atom. The number of hydrogen-bond acceptors (Lipinski definition) is 2. The third-order valence-corrected chi connectivity index (χ3v) is 2.22. The second-order valence-electron chi connectivity index (χ2n) is 2.25. The molecular weight excluding hydrogens is 257 g/mol. The van der Waals surface area contributed by atoms with Gasteiger partial charge in [0, 0.05) is 32.6 Å². The maximum absolute atomic E-state index is 10.3. The monoisotopic (exact) mass is 261 g/mol. The van der Waals surface area contributed by atoms with Crippen LogP contribution in [0.4, 0.5) is 0 Å². The molecule has 0 aliphatic carbocycles. The summed E-state index contributed by atoms with van der Waals surface area (Å²) >= 11 is 8.60. The molecule has 0 radical (unpaired) electrons. The van der Waals surface area contributed by atoms with E-state index in [1.165, 1.54) is 6.08 Å². The average Bonchev–Trinajstić information content (AvgIpc) is 2.08. The van der Waals surface area contributed by atoms with Gasteiger partial charge in [-0.1, -0.05) is 29.8 Å². The zero-order valence-electron chi connectivity index (χ0n) is 6.41. The lowest BCUT2D eigenvalue weighted by molar-refractivity contribution is -0.407. The summed E-state index contributed by atoms with van der Waals surface area (Å²) in [5, 5.41) is 10.7. The second kappa shape index (κ2) is 4.39. The number of nitro groups is 1. The van der Waals surface area contributed by atoms with Crippen LogP contribution in [0.5, 0.6) is 0 Å². The van der Waals surface area contributed by atoms with E-state index in [0.29, 0.717) is 10.6 Å². The Hall–Kier alpha value is -0.870. The molecule has 0 fully saturated rings. The predicted molar refractivity (Wildman–Crippen MR) is 55.4 cm³/mol. The first-order valence-electron chi connectivity index (χ1n) is 3.37. The first-order valence-corrected chi connectivity index (χ1v) is 4.54. The lowest BCUT2D eigenvalue weighted by Crippen LogP contribution is -1.89. The third kappa shape index (κ3) is 2.82. The topological polar surface area (TPSA) is 43.1 Å². The van der Waals surface area contributed by atoms with Gasteiger partial charge in [0.25, 0.3) is 0 Å². The largest absolute Gasteiger partial charge is 0.311 e. The molecule has 1 aromatic rings. The van der Waals surface area contributed by atoms with Crippen LogP contribution in [0.15, 0.2) is 28.9 Å². The number of benzene rings is 1. The number of hydrogen-bond donors (Lipinski definition) is 0. The highest BCUT2D eigenvalue weighted by molar-refractivity contribution is 9.11. The Balaban J connectivity index is 3.04. The van der Waals surface area contributed by atoms with Gasteiger partial charge in [-0.25, -0.2) is 0 Å². The third-order valence-electron chi connectivity index (χ3n) is 1.35. The van der Waals surface area contributed by atoms with E-state index >= 15 is 0 Å². The van der Waals surface area contributed by atoms with Crippen LogP contribution < -0.4 is 0 Å². The van der Waals surface area contributed by atoms with Gasteiger partial charge in [-0.05, 0) is 6.07 Å². The lowest BCUT2D eigenvalue weighted by atomic mass is 10.2. The standard InChI is InChI=1S/C8H5BrClNO2/c9-8(11(12)13)5-6-3-1-2-4-7(6)10/h1-5H/b8-5+. The van der Waals surface area contributed by atoms with Crippen molar-refractivity contribution < 1.29 is 4.92 Å². The van der Waals surface area contributed by atoms with Crippen LogP contribution in [-0.4, -0.2) is 4.92 Å². The highest BCUT2D eigenvalue weighted by atomic mass is 79.9. The van der Waals surface area contributed by atoms with Crippen molar-refractivity contribution in [1.82, 2.24) is 0 Å². The zero-order valence-corrected chi connectivity index (χ0v) is 8.75. The van der Waals surface area contributed by atoms with Crippen LogP contribution in [0.25, 0.3) is 6.08 Å². The lowest BCUT2D eigenvalue weighted by Gasteiger charge is -1.95. The van der Waals surface area contributed by atoms with E-state index in [0.717, 1.165) is 0 Å². The SMILES string of the molecule is O=[N+]([O-])/C(Br)=C/c1ccccc1Cl. The van der Waals surface area contributed by atoms with Gasteiger partial charge in [0.05, 0.1) is 4.92 Å². The van der Waals surface area contributed by atoms with E-state index in [-0.39, 0.29) is 4.61 Å². The summed E-state index contributed by atoms with van der Waals surface area (Å²) in [5.41, 5.74) is 0.618. The summed E-state index contributed by atoms with van der Waals surface area (Å²) in [5.74, 6) is 0. The van der Waals surface area contributed by atoms with Gasteiger partial charge in [-0.15, -0.1) is 0 Å². The molecule has 0 atom stereocenters. The van der Waals surface area contributed by atoms with Crippen LogP contribution in [0.1, 0.15) is 5.56 Å². The fourth-order valence-corrected chi connectivity index (χ4v) is 1.21. The van der Waals surface area contributed by atoms with Gasteiger partial charge in [-0.2, -0.15) is 0 Å². The van der Waals surface area contributed by atoms with Crippen molar-refractivity contribution in [3.63, 3.8) is 0 Å². The normalized spacial score (nSPS) is 11.4. The predicted octanol–water partition coefficient (Wildman–Crippen LogP) is 3.31. The Morgan fingerprint density at radius 3 is 2.69 bits per heavy atom. The molecule has 0 aliphatic heterocycles. The highest BCUT2D eigenvalue weighted by Crippen LogP contribution is 2.20. The van der Waals surface area contributed by atoms with E-state index < -0.39 is 4.92 Å². The summed E-state index contributed by atoms with van der Waals surface area (Å²) in [6.45, 7) is 0. The molecule has 1 aromatic carbocycles. The van der Waals surface area contributed by atoms with Gasteiger partial charge in [0.2, 0.25) is 0 Å². The van der Waals surface area contributed by atoms with E-state index in [1.807, 2.05) is 0 Å². The summed E-state index contributed by atoms with van der Waals surface area (Å²) < 4.78 is -0.111. The molecule has 0 aromatic heterocycles. The van der Waals surface area contributed by atoms with E-state index in [9.17, 15) is 10.1 Å². The highest BCUT2D eigenvalue weighted by Gasteiger charge is 2.05. The second-order valence-corrected chi connectivity index (χ2v) is 3.47. The van der Waals surface area contributed by atoms with E-state index in [1.54, 1.807) is 24.3 Å². The number of halogens is 2. The molecule has 68 valence electrons. The van der Waals surface area contributed by atoms with Gasteiger partial charge >= 0.3 is 4.61 Å². The minimum absolute atomic E-state index is 0.111. The Labute approximate surface area is 88.3 Å². The summed E-state index contributed by atoms with van der Waals surface area (Å²) in [4.78, 5) is 9.74. The molecule has 13 heavy (non-hydrogen) atoms. The molecule has 0 N–H and O–H groups in total. The molecule has 0 saturated carbocycles. The minimum Gasteiger partial charge on any atom is -0.258 e. The number of nitrogens with zero attached hydrogens (tertiary/aromatic N) is 1. The van der Waals surface area contributed by atoms with Crippen molar-refractivity contribution in [2.24, 2.45) is 0 Å². The summed E-state index contributed by atoms with van der Waals surface area (Å²) in [7, 11) is 0. The van der Waals surface area contributed by atoms with E-state index in [4.69, 9.17) is 11.6 Å². The van der Waals surface area contributed by atoms with Crippen LogP contribution in [-0.2, 0) is 0 Å². The minimum atomic E-state index is -0.524. The molecule has 3 nitrogen and oxygen atoms in total. The van der Waals surface area contributed by atoms with Gasteiger partial charge in [0.15, 0.2) is 0 Å². The fraction of sp³-hybridized carbons (Fsp3) is 0. The molecule has 0 bridgehead atoms. The molecule has 0 unspecified atom stereocenters. The maximum Gasteiger partial charge on any atom is 0.311 e.